The number of rotatable bonds is 8. The molecule has 144 valence electrons. The van der Waals surface area contributed by atoms with E-state index in [-0.39, 0.29) is 18.8 Å². The lowest BCUT2D eigenvalue weighted by Gasteiger charge is -2.14. The van der Waals surface area contributed by atoms with Gasteiger partial charge in [0.15, 0.2) is 11.5 Å². The second-order valence-corrected chi connectivity index (χ2v) is 5.58. The van der Waals surface area contributed by atoms with Crippen LogP contribution >= 0.6 is 0 Å². The highest BCUT2D eigenvalue weighted by molar-refractivity contribution is 5.76. The summed E-state index contributed by atoms with van der Waals surface area (Å²) in [7, 11) is 5.87. The summed E-state index contributed by atoms with van der Waals surface area (Å²) < 4.78 is 25.8. The predicted octanol–water partition coefficient (Wildman–Crippen LogP) is 2.58. The van der Waals surface area contributed by atoms with Crippen LogP contribution < -0.4 is 18.9 Å². The van der Waals surface area contributed by atoms with Crippen molar-refractivity contribution in [3.05, 3.63) is 47.5 Å². The zero-order valence-corrected chi connectivity index (χ0v) is 15.7. The zero-order chi connectivity index (χ0) is 19.8. The van der Waals surface area contributed by atoms with Gasteiger partial charge in [-0.3, -0.25) is 9.59 Å². The SMILES string of the molecule is COC(=O)Cc1ccc(OC(=O)Cc2cc(OC)c(OC)c(OC)c2)cc1. The molecule has 0 N–H and O–H groups in total. The minimum atomic E-state index is -0.440. The van der Waals surface area contributed by atoms with Crippen molar-refractivity contribution < 1.29 is 33.3 Å². The van der Waals surface area contributed by atoms with Crippen molar-refractivity contribution >= 4 is 11.9 Å². The molecule has 0 bridgehead atoms. The van der Waals surface area contributed by atoms with E-state index in [4.69, 9.17) is 18.9 Å². The van der Waals surface area contributed by atoms with Crippen molar-refractivity contribution in [1.82, 2.24) is 0 Å². The summed E-state index contributed by atoms with van der Waals surface area (Å²) in [6, 6.07) is 10.1. The second kappa shape index (κ2) is 9.47. The Kier molecular flexibility index (Phi) is 7.05. The first-order valence-electron chi connectivity index (χ1n) is 8.16. The Labute approximate surface area is 157 Å². The Morgan fingerprint density at radius 1 is 0.741 bits per heavy atom. The van der Waals surface area contributed by atoms with Gasteiger partial charge in [0.2, 0.25) is 5.75 Å². The molecule has 0 atom stereocenters. The molecule has 0 amide bonds. The van der Waals surface area contributed by atoms with Crippen LogP contribution in [0.25, 0.3) is 0 Å². The van der Waals surface area contributed by atoms with E-state index in [1.54, 1.807) is 36.4 Å². The van der Waals surface area contributed by atoms with Crippen molar-refractivity contribution in [2.75, 3.05) is 28.4 Å². The number of hydrogen-bond acceptors (Lipinski definition) is 7. The average molecular weight is 374 g/mol. The standard InChI is InChI=1S/C20H22O7/c1-23-16-9-14(10-17(24-2)20(16)26-4)12-19(22)27-15-7-5-13(6-8-15)11-18(21)25-3/h5-10H,11-12H2,1-4H3. The molecule has 2 aromatic carbocycles. The Balaban J connectivity index is 2.06. The van der Waals surface area contributed by atoms with E-state index in [0.717, 1.165) is 5.56 Å². The molecule has 7 heteroatoms. The lowest BCUT2D eigenvalue weighted by atomic mass is 10.1. The van der Waals surface area contributed by atoms with Crippen LogP contribution in [0.1, 0.15) is 11.1 Å². The maximum Gasteiger partial charge on any atom is 0.315 e. The molecule has 0 aromatic heterocycles. The minimum absolute atomic E-state index is 0.0284. The third-order valence-corrected chi connectivity index (χ3v) is 3.80. The molecule has 0 unspecified atom stereocenters. The highest BCUT2D eigenvalue weighted by Crippen LogP contribution is 2.38. The van der Waals surface area contributed by atoms with E-state index in [2.05, 4.69) is 4.74 Å². The van der Waals surface area contributed by atoms with Gasteiger partial charge in [-0.25, -0.2) is 0 Å². The van der Waals surface area contributed by atoms with Gasteiger partial charge in [-0.1, -0.05) is 12.1 Å². The van der Waals surface area contributed by atoms with Crippen molar-refractivity contribution in [2.45, 2.75) is 12.8 Å². The zero-order valence-electron chi connectivity index (χ0n) is 15.7. The van der Waals surface area contributed by atoms with Crippen molar-refractivity contribution in [1.29, 1.82) is 0 Å². The molecule has 0 fully saturated rings. The van der Waals surface area contributed by atoms with E-state index in [1.165, 1.54) is 28.4 Å². The summed E-state index contributed by atoms with van der Waals surface area (Å²) in [5.41, 5.74) is 1.43. The van der Waals surface area contributed by atoms with Crippen LogP contribution in [0.4, 0.5) is 0 Å². The van der Waals surface area contributed by atoms with Gasteiger partial charge in [0.25, 0.3) is 0 Å². The third kappa shape index (κ3) is 5.37. The van der Waals surface area contributed by atoms with E-state index in [0.29, 0.717) is 28.6 Å². The number of methoxy groups -OCH3 is 4. The maximum absolute atomic E-state index is 12.2. The van der Waals surface area contributed by atoms with E-state index in [1.807, 2.05) is 0 Å². The quantitative estimate of drug-likeness (QED) is 0.519. The van der Waals surface area contributed by atoms with E-state index < -0.39 is 5.97 Å². The monoisotopic (exact) mass is 374 g/mol. The lowest BCUT2D eigenvalue weighted by molar-refractivity contribution is -0.139. The molecule has 0 radical (unpaired) electrons. The fraction of sp³-hybridized carbons (Fsp3) is 0.300. The summed E-state index contributed by atoms with van der Waals surface area (Å²) in [5.74, 6) is 1.00. The smallest absolute Gasteiger partial charge is 0.315 e. The fourth-order valence-corrected chi connectivity index (χ4v) is 2.49. The van der Waals surface area contributed by atoms with Crippen molar-refractivity contribution in [3.63, 3.8) is 0 Å². The third-order valence-electron chi connectivity index (χ3n) is 3.80. The summed E-state index contributed by atoms with van der Waals surface area (Å²) in [5, 5.41) is 0. The van der Waals surface area contributed by atoms with Crippen molar-refractivity contribution in [3.8, 4) is 23.0 Å². The van der Waals surface area contributed by atoms with Crippen LogP contribution in [-0.4, -0.2) is 40.4 Å². The summed E-state index contributed by atoms with van der Waals surface area (Å²) in [6.07, 6.45) is 0.191. The van der Waals surface area contributed by atoms with Crippen LogP contribution in [0, 0.1) is 0 Å². The van der Waals surface area contributed by atoms with Crippen molar-refractivity contribution in [2.24, 2.45) is 0 Å². The first-order valence-corrected chi connectivity index (χ1v) is 8.16. The van der Waals surface area contributed by atoms with Crippen LogP contribution in [0.15, 0.2) is 36.4 Å². The summed E-state index contributed by atoms with van der Waals surface area (Å²) >= 11 is 0. The number of carbonyl (C=O) groups is 2. The van der Waals surface area contributed by atoms with Gasteiger partial charge in [0, 0.05) is 0 Å². The summed E-state index contributed by atoms with van der Waals surface area (Å²) in [4.78, 5) is 23.5. The molecule has 2 rings (SSSR count). The number of carbonyl (C=O) groups excluding carboxylic acids is 2. The molecule has 7 nitrogen and oxygen atoms in total. The minimum Gasteiger partial charge on any atom is -0.493 e. The average Bonchev–Trinajstić information content (AvgIpc) is 2.68. The van der Waals surface area contributed by atoms with Crippen LogP contribution in [0.5, 0.6) is 23.0 Å². The number of esters is 2. The summed E-state index contributed by atoms with van der Waals surface area (Å²) in [6.45, 7) is 0. The van der Waals surface area contributed by atoms with Gasteiger partial charge in [0.05, 0.1) is 41.3 Å². The number of benzene rings is 2. The van der Waals surface area contributed by atoms with Crippen LogP contribution in [-0.2, 0) is 27.2 Å². The Morgan fingerprint density at radius 2 is 1.30 bits per heavy atom. The number of ether oxygens (including phenoxy) is 5. The van der Waals surface area contributed by atoms with E-state index >= 15 is 0 Å². The topological polar surface area (TPSA) is 80.3 Å². The second-order valence-electron chi connectivity index (χ2n) is 5.58. The van der Waals surface area contributed by atoms with Gasteiger partial charge >= 0.3 is 11.9 Å². The molecule has 2 aromatic rings. The van der Waals surface area contributed by atoms with Crippen LogP contribution in [0.2, 0.25) is 0 Å². The molecule has 0 saturated heterocycles. The molecule has 0 heterocycles. The molecular weight excluding hydrogens is 352 g/mol. The lowest BCUT2D eigenvalue weighted by Crippen LogP contribution is -2.12. The van der Waals surface area contributed by atoms with Gasteiger partial charge in [-0.15, -0.1) is 0 Å². The Hall–Kier alpha value is -3.22. The fourth-order valence-electron chi connectivity index (χ4n) is 2.49. The van der Waals surface area contributed by atoms with Gasteiger partial charge in [-0.05, 0) is 35.4 Å². The highest BCUT2D eigenvalue weighted by Gasteiger charge is 2.16. The Morgan fingerprint density at radius 3 is 1.78 bits per heavy atom. The molecule has 0 aliphatic carbocycles. The molecule has 27 heavy (non-hydrogen) atoms. The van der Waals surface area contributed by atoms with Crippen LogP contribution in [0.3, 0.4) is 0 Å². The molecule has 0 aliphatic heterocycles. The first-order chi connectivity index (χ1) is 13.0. The maximum atomic E-state index is 12.2. The first kappa shape index (κ1) is 20.1. The Bertz CT molecular complexity index is 771. The normalized spacial score (nSPS) is 10.1. The molecule has 0 spiro atoms. The molecular formula is C20H22O7. The van der Waals surface area contributed by atoms with Gasteiger partial charge < -0.3 is 23.7 Å². The highest BCUT2D eigenvalue weighted by atomic mass is 16.5. The van der Waals surface area contributed by atoms with Gasteiger partial charge in [-0.2, -0.15) is 0 Å². The molecule has 0 saturated carbocycles. The largest absolute Gasteiger partial charge is 0.493 e. The van der Waals surface area contributed by atoms with Gasteiger partial charge in [0.1, 0.15) is 5.75 Å². The predicted molar refractivity (Wildman–Crippen MR) is 97.6 cm³/mol. The number of hydrogen-bond donors (Lipinski definition) is 0. The molecule has 0 aliphatic rings. The van der Waals surface area contributed by atoms with E-state index in [9.17, 15) is 9.59 Å².